The van der Waals surface area contributed by atoms with Crippen molar-refractivity contribution in [2.45, 2.75) is 13.8 Å². The van der Waals surface area contributed by atoms with Gasteiger partial charge in [-0.25, -0.2) is 0 Å². The Morgan fingerprint density at radius 1 is 0.471 bits per heavy atom. The summed E-state index contributed by atoms with van der Waals surface area (Å²) in [6.07, 6.45) is 0. The average molecular weight is 475 g/mol. The lowest BCUT2D eigenvalue weighted by atomic mass is 10.1. The molecule has 0 aliphatic rings. The molecular weight excluding hydrogens is 456 g/mol. The molecule has 0 amide bonds. The maximum atomic E-state index is 13.4. The summed E-state index contributed by atoms with van der Waals surface area (Å²) in [4.78, 5) is 28.9. The summed E-state index contributed by atoms with van der Waals surface area (Å²) in [6.45, 7) is 4.14. The fourth-order valence-electron chi connectivity index (χ4n) is 4.88. The first kappa shape index (κ1) is 19.8. The second-order valence-corrected chi connectivity index (χ2v) is 11.1. The predicted octanol–water partition coefficient (Wildman–Crippen LogP) is 7.97. The van der Waals surface area contributed by atoms with Crippen LogP contribution in [0.2, 0.25) is 0 Å². The molecule has 0 fully saturated rings. The molecule has 162 valence electrons. The molecule has 0 bridgehead atoms. The Morgan fingerprint density at radius 2 is 0.853 bits per heavy atom. The molecule has 34 heavy (non-hydrogen) atoms. The molecule has 2 nitrogen and oxygen atoms in total. The summed E-state index contributed by atoms with van der Waals surface area (Å²) >= 11 is 3.26. The fraction of sp³-hybridized carbons (Fsp3) is 0.0667. The number of benzene rings is 3. The highest BCUT2D eigenvalue weighted by Gasteiger charge is 2.20. The normalized spacial score (nSPS) is 12.1. The van der Waals surface area contributed by atoms with E-state index in [1.807, 2.05) is 24.3 Å². The van der Waals surface area contributed by atoms with E-state index in [2.05, 4.69) is 62.4 Å². The first-order valence-corrected chi connectivity index (χ1v) is 12.8. The Bertz CT molecular complexity index is 1840. The standard InChI is InChI=1S/C30H18O2S2/c1-15-3-7-17(8-4-15)25-13-23-27(31)19-12-22-20(11-21(19)29(23)33-25)28(32)24-14-26(34-30(22)24)18-9-5-16(2)6-10-18/h3-14H,1-2H3. The van der Waals surface area contributed by atoms with Gasteiger partial charge in [0.1, 0.15) is 0 Å². The van der Waals surface area contributed by atoms with Crippen molar-refractivity contribution >= 4 is 64.4 Å². The second kappa shape index (κ2) is 6.95. The number of thiophene rings is 2. The van der Waals surface area contributed by atoms with Crippen LogP contribution in [-0.2, 0) is 0 Å². The van der Waals surface area contributed by atoms with Crippen molar-refractivity contribution in [2.75, 3.05) is 0 Å². The molecule has 0 atom stereocenters. The molecule has 2 heterocycles. The van der Waals surface area contributed by atoms with Gasteiger partial charge in [0.25, 0.3) is 0 Å². The van der Waals surface area contributed by atoms with Crippen molar-refractivity contribution in [2.24, 2.45) is 0 Å². The third kappa shape index (κ3) is 2.73. The van der Waals surface area contributed by atoms with Crippen molar-refractivity contribution in [1.82, 2.24) is 0 Å². The fourth-order valence-corrected chi connectivity index (χ4v) is 7.26. The topological polar surface area (TPSA) is 34.1 Å². The summed E-state index contributed by atoms with van der Waals surface area (Å²) < 4.78 is 1.95. The lowest BCUT2D eigenvalue weighted by molar-refractivity contribution is 1.48. The molecule has 0 unspecified atom stereocenters. The number of hydrogen-bond acceptors (Lipinski definition) is 4. The van der Waals surface area contributed by atoms with Crippen LogP contribution in [0.3, 0.4) is 0 Å². The zero-order valence-corrected chi connectivity index (χ0v) is 20.2. The molecule has 5 aromatic carbocycles. The number of fused-ring (bicyclic) bond motifs is 6. The van der Waals surface area contributed by atoms with Gasteiger partial charge < -0.3 is 0 Å². The van der Waals surface area contributed by atoms with Crippen molar-refractivity contribution in [3.05, 3.63) is 104 Å². The molecule has 7 aromatic rings. The smallest absolute Gasteiger partial charge is 0.195 e. The van der Waals surface area contributed by atoms with E-state index in [0.717, 1.165) is 51.8 Å². The predicted molar refractivity (Wildman–Crippen MR) is 147 cm³/mol. The lowest BCUT2D eigenvalue weighted by Gasteiger charge is -1.98. The highest BCUT2D eigenvalue weighted by molar-refractivity contribution is 7.23. The van der Waals surface area contributed by atoms with E-state index in [-0.39, 0.29) is 10.9 Å². The monoisotopic (exact) mass is 474 g/mol. The van der Waals surface area contributed by atoms with E-state index in [4.69, 9.17) is 0 Å². The average Bonchev–Trinajstić information content (AvgIpc) is 3.58. The number of rotatable bonds is 2. The molecule has 0 N–H and O–H groups in total. The molecule has 0 aliphatic carbocycles. The van der Waals surface area contributed by atoms with E-state index in [9.17, 15) is 9.59 Å². The Hall–Kier alpha value is -3.60. The Balaban J connectivity index is 1.46. The molecule has 0 saturated carbocycles. The largest absolute Gasteiger partial charge is 0.289 e. The van der Waals surface area contributed by atoms with Gasteiger partial charge in [-0.3, -0.25) is 9.59 Å². The number of aryl methyl sites for hydroxylation is 2. The third-order valence-corrected chi connectivity index (χ3v) is 9.20. The van der Waals surface area contributed by atoms with E-state index in [1.165, 1.54) is 11.1 Å². The van der Waals surface area contributed by atoms with Crippen molar-refractivity contribution < 1.29 is 0 Å². The quantitative estimate of drug-likeness (QED) is 0.255. The summed E-state index contributed by atoms with van der Waals surface area (Å²) in [5.74, 6) is 0. The molecule has 0 spiro atoms. The van der Waals surface area contributed by atoms with Gasteiger partial charge in [-0.1, -0.05) is 59.7 Å². The van der Waals surface area contributed by atoms with Crippen molar-refractivity contribution in [1.29, 1.82) is 0 Å². The van der Waals surface area contributed by atoms with Gasteiger partial charge in [0.05, 0.1) is 0 Å². The Labute approximate surface area is 203 Å². The molecule has 4 heteroatoms. The summed E-state index contributed by atoms with van der Waals surface area (Å²) in [6, 6.07) is 24.6. The minimum absolute atomic E-state index is 0.0543. The van der Waals surface area contributed by atoms with Crippen LogP contribution in [0.25, 0.3) is 62.6 Å². The highest BCUT2D eigenvalue weighted by Crippen LogP contribution is 2.41. The third-order valence-electron chi connectivity index (χ3n) is 6.76. The first-order valence-electron chi connectivity index (χ1n) is 11.2. The molecule has 0 radical (unpaired) electrons. The van der Waals surface area contributed by atoms with Gasteiger partial charge in [0.15, 0.2) is 10.9 Å². The van der Waals surface area contributed by atoms with E-state index >= 15 is 0 Å². The van der Waals surface area contributed by atoms with Crippen LogP contribution >= 0.6 is 22.7 Å². The van der Waals surface area contributed by atoms with Crippen molar-refractivity contribution in [3.8, 4) is 20.9 Å². The van der Waals surface area contributed by atoms with Crippen LogP contribution in [-0.4, -0.2) is 0 Å². The maximum Gasteiger partial charge on any atom is 0.195 e. The van der Waals surface area contributed by atoms with Gasteiger partial charge in [-0.15, -0.1) is 22.7 Å². The molecule has 2 aromatic heterocycles. The molecular formula is C30H18O2S2. The van der Waals surface area contributed by atoms with Gasteiger partial charge in [0.2, 0.25) is 0 Å². The van der Waals surface area contributed by atoms with Crippen LogP contribution in [0.1, 0.15) is 11.1 Å². The Morgan fingerprint density at radius 3 is 1.24 bits per heavy atom. The summed E-state index contributed by atoms with van der Waals surface area (Å²) in [7, 11) is 0. The van der Waals surface area contributed by atoms with Crippen LogP contribution in [0, 0.1) is 13.8 Å². The summed E-state index contributed by atoms with van der Waals surface area (Å²) in [5, 5.41) is 4.70. The van der Waals surface area contributed by atoms with Crippen molar-refractivity contribution in [3.63, 3.8) is 0 Å². The second-order valence-electron chi connectivity index (χ2n) is 9.04. The van der Waals surface area contributed by atoms with E-state index in [1.54, 1.807) is 22.7 Å². The summed E-state index contributed by atoms with van der Waals surface area (Å²) in [5.41, 5.74) is 4.75. The van der Waals surface area contributed by atoms with Crippen LogP contribution in [0.5, 0.6) is 0 Å². The van der Waals surface area contributed by atoms with Crippen LogP contribution in [0.15, 0.2) is 82.4 Å². The zero-order valence-electron chi connectivity index (χ0n) is 18.6. The minimum Gasteiger partial charge on any atom is -0.289 e. The van der Waals surface area contributed by atoms with Gasteiger partial charge in [-0.2, -0.15) is 0 Å². The van der Waals surface area contributed by atoms with E-state index < -0.39 is 0 Å². The Kier molecular flexibility index (Phi) is 4.06. The molecule has 0 saturated heterocycles. The van der Waals surface area contributed by atoms with Crippen LogP contribution < -0.4 is 10.9 Å². The lowest BCUT2D eigenvalue weighted by Crippen LogP contribution is -1.95. The van der Waals surface area contributed by atoms with Gasteiger partial charge in [0, 0.05) is 51.5 Å². The van der Waals surface area contributed by atoms with Crippen LogP contribution in [0.4, 0.5) is 0 Å². The number of hydrogen-bond donors (Lipinski definition) is 0. The van der Waals surface area contributed by atoms with Gasteiger partial charge in [-0.05, 0) is 49.2 Å². The van der Waals surface area contributed by atoms with Gasteiger partial charge >= 0.3 is 0 Å². The molecule has 7 rings (SSSR count). The first-order chi connectivity index (χ1) is 16.5. The zero-order chi connectivity index (χ0) is 23.1. The maximum absolute atomic E-state index is 13.4. The SMILES string of the molecule is Cc1ccc(-c2cc3c(=O)c4cc5c(cc4c3s2)c(=O)c2cc(-c3ccc(C)cc3)sc25)cc1. The molecule has 0 aliphatic heterocycles. The van der Waals surface area contributed by atoms with E-state index in [0.29, 0.717) is 10.8 Å². The minimum atomic E-state index is 0.0543. The highest BCUT2D eigenvalue weighted by atomic mass is 32.1.